The first-order valence-electron chi connectivity index (χ1n) is 7.92. The van der Waals surface area contributed by atoms with E-state index in [0.29, 0.717) is 6.04 Å². The van der Waals surface area contributed by atoms with E-state index in [9.17, 15) is 9.59 Å². The first kappa shape index (κ1) is 17.8. The Kier molecular flexibility index (Phi) is 6.95. The highest BCUT2D eigenvalue weighted by molar-refractivity contribution is 5.76. The SMILES string of the molecule is CCN(CC)C1CCN(C(=O)N(CCC(=O)O)C(C)C)C1. The molecule has 1 aliphatic heterocycles. The van der Waals surface area contributed by atoms with Gasteiger partial charge in [-0.3, -0.25) is 9.69 Å². The predicted octanol–water partition coefficient (Wildman–Crippen LogP) is 1.71. The molecule has 21 heavy (non-hydrogen) atoms. The van der Waals surface area contributed by atoms with Gasteiger partial charge >= 0.3 is 12.0 Å². The van der Waals surface area contributed by atoms with Gasteiger partial charge in [-0.2, -0.15) is 0 Å². The maximum Gasteiger partial charge on any atom is 0.320 e. The second kappa shape index (κ2) is 8.22. The van der Waals surface area contributed by atoms with Gasteiger partial charge in [0.25, 0.3) is 0 Å². The minimum absolute atomic E-state index is 0.00274. The van der Waals surface area contributed by atoms with Gasteiger partial charge in [0.1, 0.15) is 0 Å². The lowest BCUT2D eigenvalue weighted by Gasteiger charge is -2.32. The van der Waals surface area contributed by atoms with E-state index in [1.165, 1.54) is 0 Å². The summed E-state index contributed by atoms with van der Waals surface area (Å²) in [5.74, 6) is -0.865. The number of carboxylic acid groups (broad SMARTS) is 1. The number of hydrogen-bond acceptors (Lipinski definition) is 3. The van der Waals surface area contributed by atoms with Gasteiger partial charge in [-0.05, 0) is 33.4 Å². The van der Waals surface area contributed by atoms with Crippen molar-refractivity contribution in [3.8, 4) is 0 Å². The third kappa shape index (κ3) is 4.88. The van der Waals surface area contributed by atoms with Crippen molar-refractivity contribution in [1.82, 2.24) is 14.7 Å². The summed E-state index contributed by atoms with van der Waals surface area (Å²) < 4.78 is 0. The first-order valence-corrected chi connectivity index (χ1v) is 7.92. The minimum atomic E-state index is -0.865. The summed E-state index contributed by atoms with van der Waals surface area (Å²) in [6.07, 6.45) is 0.996. The van der Waals surface area contributed by atoms with Crippen molar-refractivity contribution in [2.24, 2.45) is 0 Å². The molecule has 6 nitrogen and oxygen atoms in total. The number of carbonyl (C=O) groups excluding carboxylic acids is 1. The molecule has 0 saturated carbocycles. The van der Waals surface area contributed by atoms with Gasteiger partial charge in [0.15, 0.2) is 0 Å². The zero-order chi connectivity index (χ0) is 16.0. The number of likely N-dealkylation sites (N-methyl/N-ethyl adjacent to an activating group) is 1. The molecule has 0 aromatic rings. The van der Waals surface area contributed by atoms with E-state index in [0.717, 1.165) is 32.6 Å². The molecule has 1 unspecified atom stereocenters. The summed E-state index contributed by atoms with van der Waals surface area (Å²) >= 11 is 0. The summed E-state index contributed by atoms with van der Waals surface area (Å²) in [5, 5.41) is 8.81. The maximum atomic E-state index is 12.6. The van der Waals surface area contributed by atoms with Gasteiger partial charge in [0.2, 0.25) is 0 Å². The number of urea groups is 1. The van der Waals surface area contributed by atoms with Crippen molar-refractivity contribution in [3.05, 3.63) is 0 Å². The molecule has 0 spiro atoms. The van der Waals surface area contributed by atoms with Gasteiger partial charge in [-0.1, -0.05) is 13.8 Å². The van der Waals surface area contributed by atoms with Crippen LogP contribution in [-0.2, 0) is 4.79 Å². The van der Waals surface area contributed by atoms with Gasteiger partial charge in [0, 0.05) is 31.7 Å². The molecule has 0 aromatic carbocycles. The van der Waals surface area contributed by atoms with Crippen LogP contribution in [0.4, 0.5) is 4.79 Å². The fourth-order valence-corrected chi connectivity index (χ4v) is 2.93. The summed E-state index contributed by atoms with van der Waals surface area (Å²) in [5.41, 5.74) is 0. The Labute approximate surface area is 127 Å². The van der Waals surface area contributed by atoms with Crippen LogP contribution in [0.3, 0.4) is 0 Å². The Morgan fingerprint density at radius 2 is 1.90 bits per heavy atom. The van der Waals surface area contributed by atoms with Crippen LogP contribution >= 0.6 is 0 Å². The van der Waals surface area contributed by atoms with Crippen molar-refractivity contribution in [2.45, 2.75) is 52.6 Å². The average Bonchev–Trinajstić information content (AvgIpc) is 2.89. The number of hydrogen-bond donors (Lipinski definition) is 1. The molecule has 0 radical (unpaired) electrons. The van der Waals surface area contributed by atoms with Crippen LogP contribution in [0, 0.1) is 0 Å². The fraction of sp³-hybridized carbons (Fsp3) is 0.867. The van der Waals surface area contributed by atoms with Crippen LogP contribution in [0.2, 0.25) is 0 Å². The summed E-state index contributed by atoms with van der Waals surface area (Å²) in [6, 6.07) is 0.419. The van der Waals surface area contributed by atoms with Crippen LogP contribution in [0.1, 0.15) is 40.5 Å². The summed E-state index contributed by atoms with van der Waals surface area (Å²) in [6.45, 7) is 11.9. The second-order valence-corrected chi connectivity index (χ2v) is 5.82. The molecule has 1 aliphatic rings. The molecule has 1 atom stereocenters. The van der Waals surface area contributed by atoms with E-state index in [1.54, 1.807) is 4.90 Å². The number of aliphatic carboxylic acids is 1. The van der Waals surface area contributed by atoms with Crippen molar-refractivity contribution in [2.75, 3.05) is 32.7 Å². The smallest absolute Gasteiger partial charge is 0.320 e. The lowest BCUT2D eigenvalue weighted by Crippen LogP contribution is -2.47. The van der Waals surface area contributed by atoms with Crippen molar-refractivity contribution in [3.63, 3.8) is 0 Å². The van der Waals surface area contributed by atoms with Crippen molar-refractivity contribution in [1.29, 1.82) is 0 Å². The van der Waals surface area contributed by atoms with Crippen molar-refractivity contribution >= 4 is 12.0 Å². The third-order valence-corrected chi connectivity index (χ3v) is 4.20. The topological polar surface area (TPSA) is 64.1 Å². The van der Waals surface area contributed by atoms with E-state index in [1.807, 2.05) is 18.7 Å². The van der Waals surface area contributed by atoms with E-state index < -0.39 is 5.97 Å². The molecule has 1 rings (SSSR count). The number of rotatable bonds is 7. The molecule has 6 heteroatoms. The van der Waals surface area contributed by atoms with E-state index in [2.05, 4.69) is 18.7 Å². The Bertz CT molecular complexity index is 356. The lowest BCUT2D eigenvalue weighted by atomic mass is 10.2. The first-order chi connectivity index (χ1) is 9.90. The average molecular weight is 299 g/mol. The molecule has 0 bridgehead atoms. The molecule has 0 aliphatic carbocycles. The largest absolute Gasteiger partial charge is 0.481 e. The lowest BCUT2D eigenvalue weighted by molar-refractivity contribution is -0.137. The fourth-order valence-electron chi connectivity index (χ4n) is 2.93. The van der Waals surface area contributed by atoms with E-state index >= 15 is 0 Å². The van der Waals surface area contributed by atoms with Gasteiger partial charge in [0.05, 0.1) is 6.42 Å². The van der Waals surface area contributed by atoms with Crippen LogP contribution < -0.4 is 0 Å². The van der Waals surface area contributed by atoms with Crippen LogP contribution in [0.25, 0.3) is 0 Å². The third-order valence-electron chi connectivity index (χ3n) is 4.20. The Morgan fingerprint density at radius 1 is 1.29 bits per heavy atom. The quantitative estimate of drug-likeness (QED) is 0.777. The highest BCUT2D eigenvalue weighted by Gasteiger charge is 2.32. The van der Waals surface area contributed by atoms with Crippen LogP contribution in [-0.4, -0.2) is 76.6 Å². The zero-order valence-corrected chi connectivity index (χ0v) is 13.7. The molecule has 0 aromatic heterocycles. The molecule has 1 heterocycles. The number of nitrogens with zero attached hydrogens (tertiary/aromatic N) is 3. The highest BCUT2D eigenvalue weighted by atomic mass is 16.4. The summed E-state index contributed by atoms with van der Waals surface area (Å²) in [4.78, 5) is 29.2. The van der Waals surface area contributed by atoms with Crippen LogP contribution in [0.15, 0.2) is 0 Å². The summed E-state index contributed by atoms with van der Waals surface area (Å²) in [7, 11) is 0. The molecule has 1 saturated heterocycles. The molecule has 2 amide bonds. The predicted molar refractivity (Wildman–Crippen MR) is 82.4 cm³/mol. The zero-order valence-electron chi connectivity index (χ0n) is 13.7. The van der Waals surface area contributed by atoms with Gasteiger partial charge in [-0.25, -0.2) is 4.79 Å². The molecule has 122 valence electrons. The Morgan fingerprint density at radius 3 is 2.38 bits per heavy atom. The number of carboxylic acids is 1. The molecular formula is C15H29N3O3. The molecular weight excluding hydrogens is 270 g/mol. The standard InChI is InChI=1S/C15H29N3O3/c1-5-16(6-2)13-7-9-17(11-13)15(21)18(12(3)4)10-8-14(19)20/h12-13H,5-11H2,1-4H3,(H,19,20). The van der Waals surface area contributed by atoms with E-state index in [4.69, 9.17) is 5.11 Å². The molecule has 1 N–H and O–H groups in total. The van der Waals surface area contributed by atoms with Crippen molar-refractivity contribution < 1.29 is 14.7 Å². The number of likely N-dealkylation sites (tertiary alicyclic amines) is 1. The number of carbonyl (C=O) groups is 2. The Balaban J connectivity index is 2.62. The normalized spacial score (nSPS) is 18.6. The van der Waals surface area contributed by atoms with Gasteiger partial charge < -0.3 is 14.9 Å². The van der Waals surface area contributed by atoms with E-state index in [-0.39, 0.29) is 25.0 Å². The maximum absolute atomic E-state index is 12.6. The Hall–Kier alpha value is -1.30. The number of amides is 2. The second-order valence-electron chi connectivity index (χ2n) is 5.82. The minimum Gasteiger partial charge on any atom is -0.481 e. The van der Waals surface area contributed by atoms with Gasteiger partial charge in [-0.15, -0.1) is 0 Å². The monoisotopic (exact) mass is 299 g/mol. The highest BCUT2D eigenvalue weighted by Crippen LogP contribution is 2.18. The molecule has 1 fully saturated rings. The van der Waals surface area contributed by atoms with Crippen LogP contribution in [0.5, 0.6) is 0 Å².